The predicted octanol–water partition coefficient (Wildman–Crippen LogP) is 2.67. The number of hydrogen-bond donors (Lipinski definition) is 1. The Hall–Kier alpha value is -0.310. The van der Waals surface area contributed by atoms with Crippen LogP contribution >= 0.6 is 23.2 Å². The molecule has 0 heterocycles. The van der Waals surface area contributed by atoms with Crippen molar-refractivity contribution in [2.75, 3.05) is 6.61 Å². The van der Waals surface area contributed by atoms with Gasteiger partial charge in [0.2, 0.25) is 0 Å². The molecule has 0 bridgehead atoms. The highest BCUT2D eigenvalue weighted by atomic mass is 35.5. The van der Waals surface area contributed by atoms with Crippen LogP contribution in [0.3, 0.4) is 0 Å². The molecule has 1 rings (SSSR count). The van der Waals surface area contributed by atoms with Crippen molar-refractivity contribution in [3.05, 3.63) is 33.6 Å². The molecule has 0 saturated carbocycles. The van der Waals surface area contributed by atoms with E-state index >= 15 is 0 Å². The molecule has 0 radical (unpaired) electrons. The van der Waals surface area contributed by atoms with Gasteiger partial charge in [-0.2, -0.15) is 0 Å². The Morgan fingerprint density at radius 2 is 2.00 bits per heavy atom. The first kappa shape index (κ1) is 9.78. The molecule has 1 N–H and O–H groups in total. The molecule has 0 aromatic heterocycles. The van der Waals surface area contributed by atoms with Gasteiger partial charge in [-0.25, -0.2) is 4.39 Å². The third-order valence-electron chi connectivity index (χ3n) is 1.50. The number of hydrogen-bond acceptors (Lipinski definition) is 1. The fourth-order valence-corrected chi connectivity index (χ4v) is 1.47. The van der Waals surface area contributed by atoms with Crippen LogP contribution in [0.2, 0.25) is 10.0 Å². The van der Waals surface area contributed by atoms with E-state index in [-0.39, 0.29) is 18.1 Å². The Morgan fingerprint density at radius 1 is 1.33 bits per heavy atom. The second-order valence-electron chi connectivity index (χ2n) is 2.30. The molecular formula is C8H7Cl2FO. The summed E-state index contributed by atoms with van der Waals surface area (Å²) in [5.74, 6) is -0.510. The van der Waals surface area contributed by atoms with Crippen LogP contribution in [0, 0.1) is 5.82 Å². The summed E-state index contributed by atoms with van der Waals surface area (Å²) in [5.41, 5.74) is 0.459. The Bertz CT molecular complexity index is 289. The molecule has 0 amide bonds. The normalized spacial score (nSPS) is 10.3. The van der Waals surface area contributed by atoms with Crippen molar-refractivity contribution < 1.29 is 9.50 Å². The van der Waals surface area contributed by atoms with Gasteiger partial charge in [-0.1, -0.05) is 23.2 Å². The Morgan fingerprint density at radius 3 is 2.58 bits per heavy atom. The van der Waals surface area contributed by atoms with Crippen LogP contribution < -0.4 is 0 Å². The van der Waals surface area contributed by atoms with E-state index in [0.29, 0.717) is 10.6 Å². The highest BCUT2D eigenvalue weighted by molar-refractivity contribution is 6.36. The molecule has 66 valence electrons. The zero-order chi connectivity index (χ0) is 9.14. The van der Waals surface area contributed by atoms with Crippen LogP contribution in [-0.2, 0) is 6.42 Å². The maximum absolute atomic E-state index is 12.8. The van der Waals surface area contributed by atoms with Crippen LogP contribution in [0.5, 0.6) is 0 Å². The summed E-state index contributed by atoms with van der Waals surface area (Å²) < 4.78 is 12.8. The second kappa shape index (κ2) is 4.08. The SMILES string of the molecule is OCCc1c(Cl)ccc(F)c1Cl. The fraction of sp³-hybridized carbons (Fsp3) is 0.250. The average Bonchev–Trinajstić information content (AvgIpc) is 2.06. The van der Waals surface area contributed by atoms with Gasteiger partial charge in [-0.3, -0.25) is 0 Å². The zero-order valence-corrected chi connectivity index (χ0v) is 7.66. The number of halogens is 3. The van der Waals surface area contributed by atoms with Gasteiger partial charge < -0.3 is 5.11 Å². The minimum Gasteiger partial charge on any atom is -0.396 e. The molecule has 0 aliphatic rings. The second-order valence-corrected chi connectivity index (χ2v) is 3.08. The van der Waals surface area contributed by atoms with Gasteiger partial charge in [-0.05, 0) is 24.1 Å². The monoisotopic (exact) mass is 208 g/mol. The lowest BCUT2D eigenvalue weighted by Crippen LogP contribution is -1.94. The fourth-order valence-electron chi connectivity index (χ4n) is 0.910. The van der Waals surface area contributed by atoms with Crippen molar-refractivity contribution in [2.24, 2.45) is 0 Å². The van der Waals surface area contributed by atoms with Crippen molar-refractivity contribution in [1.82, 2.24) is 0 Å². The van der Waals surface area contributed by atoms with Gasteiger partial charge in [0.05, 0.1) is 5.02 Å². The van der Waals surface area contributed by atoms with Gasteiger partial charge in [0.15, 0.2) is 0 Å². The standard InChI is InChI=1S/C8H7Cl2FO/c9-6-1-2-7(11)8(10)5(6)3-4-12/h1-2,12H,3-4H2. The van der Waals surface area contributed by atoms with Gasteiger partial charge in [0.25, 0.3) is 0 Å². The molecule has 0 spiro atoms. The minimum atomic E-state index is -0.510. The molecule has 0 fully saturated rings. The quantitative estimate of drug-likeness (QED) is 0.742. The topological polar surface area (TPSA) is 20.2 Å². The smallest absolute Gasteiger partial charge is 0.142 e. The third kappa shape index (κ3) is 1.89. The summed E-state index contributed by atoms with van der Waals surface area (Å²) in [5, 5.41) is 9.00. The number of aliphatic hydroxyl groups is 1. The third-order valence-corrected chi connectivity index (χ3v) is 2.26. The Balaban J connectivity index is 3.14. The molecule has 0 atom stereocenters. The van der Waals surface area contributed by atoms with Crippen molar-refractivity contribution in [2.45, 2.75) is 6.42 Å². The van der Waals surface area contributed by atoms with E-state index in [1.807, 2.05) is 0 Å². The molecule has 12 heavy (non-hydrogen) atoms. The first-order valence-electron chi connectivity index (χ1n) is 3.40. The largest absolute Gasteiger partial charge is 0.396 e. The van der Waals surface area contributed by atoms with E-state index < -0.39 is 5.82 Å². The predicted molar refractivity (Wildman–Crippen MR) is 47.2 cm³/mol. The summed E-state index contributed by atoms with van der Waals surface area (Å²) in [4.78, 5) is 0. The molecule has 1 aromatic rings. The van der Waals surface area contributed by atoms with Crippen molar-refractivity contribution in [3.8, 4) is 0 Å². The summed E-state index contributed by atoms with van der Waals surface area (Å²) in [6.07, 6.45) is 0.273. The lowest BCUT2D eigenvalue weighted by molar-refractivity contribution is 0.299. The van der Waals surface area contributed by atoms with Gasteiger partial charge in [-0.15, -0.1) is 0 Å². The van der Waals surface area contributed by atoms with Crippen molar-refractivity contribution in [1.29, 1.82) is 0 Å². The zero-order valence-electron chi connectivity index (χ0n) is 6.15. The van der Waals surface area contributed by atoms with Crippen LogP contribution in [-0.4, -0.2) is 11.7 Å². The lowest BCUT2D eigenvalue weighted by Gasteiger charge is -2.04. The molecule has 0 saturated heterocycles. The van der Waals surface area contributed by atoms with E-state index in [1.165, 1.54) is 12.1 Å². The van der Waals surface area contributed by atoms with Crippen LogP contribution in [0.4, 0.5) is 4.39 Å². The van der Waals surface area contributed by atoms with Gasteiger partial charge in [0.1, 0.15) is 5.82 Å². The average molecular weight is 209 g/mol. The van der Waals surface area contributed by atoms with Gasteiger partial charge in [0, 0.05) is 11.6 Å². The summed E-state index contributed by atoms with van der Waals surface area (Å²) in [7, 11) is 0. The maximum atomic E-state index is 12.8. The molecule has 4 heteroatoms. The molecule has 1 nitrogen and oxygen atoms in total. The molecule has 0 aliphatic carbocycles. The maximum Gasteiger partial charge on any atom is 0.142 e. The first-order valence-corrected chi connectivity index (χ1v) is 4.15. The summed E-state index contributed by atoms with van der Waals surface area (Å²) in [6, 6.07) is 2.62. The Kier molecular flexibility index (Phi) is 3.32. The van der Waals surface area contributed by atoms with E-state index in [4.69, 9.17) is 28.3 Å². The Labute approximate surface area is 79.7 Å². The van der Waals surface area contributed by atoms with Crippen molar-refractivity contribution >= 4 is 23.2 Å². The van der Waals surface area contributed by atoms with E-state index in [2.05, 4.69) is 0 Å². The lowest BCUT2D eigenvalue weighted by atomic mass is 10.1. The number of aliphatic hydroxyl groups excluding tert-OH is 1. The molecular weight excluding hydrogens is 202 g/mol. The van der Waals surface area contributed by atoms with Crippen LogP contribution in [0.25, 0.3) is 0 Å². The van der Waals surface area contributed by atoms with Crippen LogP contribution in [0.1, 0.15) is 5.56 Å². The minimum absolute atomic E-state index is 0.00319. The molecule has 0 aliphatic heterocycles. The molecule has 1 aromatic carbocycles. The summed E-state index contributed by atoms with van der Waals surface area (Å²) >= 11 is 11.3. The number of benzene rings is 1. The van der Waals surface area contributed by atoms with Crippen LogP contribution in [0.15, 0.2) is 12.1 Å². The first-order chi connectivity index (χ1) is 5.66. The summed E-state index contributed by atoms with van der Waals surface area (Å²) in [6.45, 7) is -0.0944. The number of rotatable bonds is 2. The van der Waals surface area contributed by atoms with E-state index in [0.717, 1.165) is 0 Å². The van der Waals surface area contributed by atoms with E-state index in [1.54, 1.807) is 0 Å². The van der Waals surface area contributed by atoms with Crippen molar-refractivity contribution in [3.63, 3.8) is 0 Å². The van der Waals surface area contributed by atoms with E-state index in [9.17, 15) is 4.39 Å². The van der Waals surface area contributed by atoms with Gasteiger partial charge >= 0.3 is 0 Å². The highest BCUT2D eigenvalue weighted by Gasteiger charge is 2.09. The molecule has 0 unspecified atom stereocenters. The highest BCUT2D eigenvalue weighted by Crippen LogP contribution is 2.27.